The molecule has 2 fully saturated rings. The summed E-state index contributed by atoms with van der Waals surface area (Å²) in [6, 6.07) is 2.21. The number of hydrogen-bond acceptors (Lipinski definition) is 6. The fourth-order valence-corrected chi connectivity index (χ4v) is 2.62. The van der Waals surface area contributed by atoms with E-state index >= 15 is 0 Å². The van der Waals surface area contributed by atoms with Crippen molar-refractivity contribution in [1.29, 1.82) is 0 Å². The molecule has 0 bridgehead atoms. The van der Waals surface area contributed by atoms with Gasteiger partial charge in [0.2, 0.25) is 5.91 Å². The largest absolute Gasteiger partial charge is 0.379 e. The Morgan fingerprint density at radius 2 is 2.29 bits per heavy atom. The number of amides is 1. The average Bonchev–Trinajstić information content (AvgIpc) is 2.51. The maximum atomic E-state index is 11.8. The number of piperazine rings is 1. The molecule has 0 aliphatic carbocycles. The maximum absolute atomic E-state index is 11.8. The van der Waals surface area contributed by atoms with Gasteiger partial charge in [0.1, 0.15) is 18.0 Å². The summed E-state index contributed by atoms with van der Waals surface area (Å²) in [5, 5.41) is 3.38. The average molecular weight is 291 g/mol. The zero-order valence-electron chi connectivity index (χ0n) is 12.3. The standard InChI is InChI=1S/C14H21N5O2/c1-18-4-5-19(8-14(18)20)13-7-12(15-10-16-13)17-11-3-2-6-21-9-11/h7,10-11H,2-6,8-9H2,1H3,(H,15,16,17)/t11-/m0/s1. The number of likely N-dealkylation sites (N-methyl/N-ethyl adjacent to an activating group) is 1. The van der Waals surface area contributed by atoms with Crippen LogP contribution in [-0.2, 0) is 9.53 Å². The highest BCUT2D eigenvalue weighted by Crippen LogP contribution is 2.18. The first-order valence-electron chi connectivity index (χ1n) is 7.37. The minimum atomic E-state index is 0.120. The molecule has 0 radical (unpaired) electrons. The number of ether oxygens (including phenoxy) is 1. The van der Waals surface area contributed by atoms with E-state index in [-0.39, 0.29) is 5.91 Å². The molecular weight excluding hydrogens is 270 g/mol. The highest BCUT2D eigenvalue weighted by atomic mass is 16.5. The molecule has 3 rings (SSSR count). The molecule has 1 atom stereocenters. The van der Waals surface area contributed by atoms with Gasteiger partial charge in [-0.25, -0.2) is 9.97 Å². The van der Waals surface area contributed by atoms with E-state index in [9.17, 15) is 4.79 Å². The van der Waals surface area contributed by atoms with Gasteiger partial charge < -0.3 is 19.9 Å². The first-order chi connectivity index (χ1) is 10.2. The van der Waals surface area contributed by atoms with Crippen LogP contribution in [0.25, 0.3) is 0 Å². The smallest absolute Gasteiger partial charge is 0.241 e. The SMILES string of the molecule is CN1CCN(c2cc(N[C@H]3CCCOC3)ncn2)CC1=O. The molecular formula is C14H21N5O2. The van der Waals surface area contributed by atoms with Crippen LogP contribution in [0.2, 0.25) is 0 Å². The van der Waals surface area contributed by atoms with Crippen LogP contribution in [0.5, 0.6) is 0 Å². The number of anilines is 2. The molecule has 7 heteroatoms. The van der Waals surface area contributed by atoms with Crippen molar-refractivity contribution < 1.29 is 9.53 Å². The summed E-state index contributed by atoms with van der Waals surface area (Å²) in [7, 11) is 1.83. The predicted octanol–water partition coefficient (Wildman–Crippen LogP) is 0.346. The Kier molecular flexibility index (Phi) is 4.19. The highest BCUT2D eigenvalue weighted by molar-refractivity contribution is 5.82. The number of carbonyl (C=O) groups is 1. The van der Waals surface area contributed by atoms with Gasteiger partial charge in [-0.15, -0.1) is 0 Å². The molecule has 2 aliphatic heterocycles. The van der Waals surface area contributed by atoms with Crippen LogP contribution in [-0.4, -0.2) is 66.7 Å². The van der Waals surface area contributed by atoms with Crippen LogP contribution in [0.4, 0.5) is 11.6 Å². The van der Waals surface area contributed by atoms with E-state index in [1.165, 1.54) is 0 Å². The van der Waals surface area contributed by atoms with Gasteiger partial charge in [-0.2, -0.15) is 0 Å². The van der Waals surface area contributed by atoms with Crippen molar-refractivity contribution in [1.82, 2.24) is 14.9 Å². The second-order valence-electron chi connectivity index (χ2n) is 5.56. The molecule has 1 amide bonds. The summed E-state index contributed by atoms with van der Waals surface area (Å²) in [6.07, 6.45) is 3.71. The fraction of sp³-hybridized carbons (Fsp3) is 0.643. The number of nitrogens with one attached hydrogen (secondary N) is 1. The fourth-order valence-electron chi connectivity index (χ4n) is 2.62. The van der Waals surface area contributed by atoms with Crippen molar-refractivity contribution in [2.45, 2.75) is 18.9 Å². The summed E-state index contributed by atoms with van der Waals surface area (Å²) in [5.41, 5.74) is 0. The molecule has 1 aromatic rings. The van der Waals surface area contributed by atoms with Crippen molar-refractivity contribution in [3.63, 3.8) is 0 Å². The Morgan fingerprint density at radius 1 is 1.38 bits per heavy atom. The maximum Gasteiger partial charge on any atom is 0.241 e. The lowest BCUT2D eigenvalue weighted by Gasteiger charge is -2.32. The molecule has 21 heavy (non-hydrogen) atoms. The van der Waals surface area contributed by atoms with Crippen LogP contribution >= 0.6 is 0 Å². The van der Waals surface area contributed by atoms with Gasteiger partial charge in [-0.1, -0.05) is 0 Å². The quantitative estimate of drug-likeness (QED) is 0.866. The Morgan fingerprint density at radius 3 is 3.05 bits per heavy atom. The number of aromatic nitrogens is 2. The molecule has 2 aliphatic rings. The van der Waals surface area contributed by atoms with Gasteiger partial charge in [0.05, 0.1) is 19.2 Å². The van der Waals surface area contributed by atoms with Crippen LogP contribution in [0.1, 0.15) is 12.8 Å². The molecule has 7 nitrogen and oxygen atoms in total. The third kappa shape index (κ3) is 3.41. The van der Waals surface area contributed by atoms with Crippen molar-refractivity contribution in [3.8, 4) is 0 Å². The monoisotopic (exact) mass is 291 g/mol. The molecule has 1 aromatic heterocycles. The topological polar surface area (TPSA) is 70.6 Å². The summed E-state index contributed by atoms with van der Waals surface area (Å²) in [6.45, 7) is 3.45. The van der Waals surface area contributed by atoms with Crippen molar-refractivity contribution in [3.05, 3.63) is 12.4 Å². The van der Waals surface area contributed by atoms with E-state index in [0.717, 1.165) is 44.2 Å². The van der Waals surface area contributed by atoms with Gasteiger partial charge in [0, 0.05) is 32.8 Å². The molecule has 0 aromatic carbocycles. The summed E-state index contributed by atoms with van der Waals surface area (Å²) >= 11 is 0. The number of rotatable bonds is 3. The minimum absolute atomic E-state index is 0.120. The van der Waals surface area contributed by atoms with Crippen LogP contribution in [0.15, 0.2) is 12.4 Å². The Labute approximate surface area is 124 Å². The second kappa shape index (κ2) is 6.26. The zero-order valence-corrected chi connectivity index (χ0v) is 12.3. The van der Waals surface area contributed by atoms with Crippen molar-refractivity contribution in [2.75, 3.05) is 50.1 Å². The normalized spacial score (nSPS) is 23.3. The van der Waals surface area contributed by atoms with Crippen LogP contribution < -0.4 is 10.2 Å². The third-order valence-corrected chi connectivity index (χ3v) is 3.95. The highest BCUT2D eigenvalue weighted by Gasteiger charge is 2.22. The molecule has 114 valence electrons. The van der Waals surface area contributed by atoms with E-state index in [4.69, 9.17) is 4.74 Å². The van der Waals surface area contributed by atoms with Gasteiger partial charge in [0.25, 0.3) is 0 Å². The molecule has 2 saturated heterocycles. The number of nitrogens with zero attached hydrogens (tertiary/aromatic N) is 4. The first-order valence-corrected chi connectivity index (χ1v) is 7.37. The van der Waals surface area contributed by atoms with Gasteiger partial charge >= 0.3 is 0 Å². The molecule has 0 spiro atoms. The van der Waals surface area contributed by atoms with E-state index in [2.05, 4.69) is 15.3 Å². The van der Waals surface area contributed by atoms with Gasteiger partial charge in [-0.3, -0.25) is 4.79 Å². The number of carbonyl (C=O) groups excluding carboxylic acids is 1. The second-order valence-corrected chi connectivity index (χ2v) is 5.56. The Bertz CT molecular complexity index is 504. The zero-order chi connectivity index (χ0) is 14.7. The summed E-state index contributed by atoms with van der Waals surface area (Å²) < 4.78 is 5.46. The van der Waals surface area contributed by atoms with Crippen LogP contribution in [0, 0.1) is 0 Å². The lowest BCUT2D eigenvalue weighted by Crippen LogP contribution is -2.48. The van der Waals surface area contributed by atoms with E-state index < -0.39 is 0 Å². The lowest BCUT2D eigenvalue weighted by atomic mass is 10.1. The Balaban J connectivity index is 1.66. The van der Waals surface area contributed by atoms with Crippen molar-refractivity contribution in [2.24, 2.45) is 0 Å². The minimum Gasteiger partial charge on any atom is -0.379 e. The molecule has 1 N–H and O–H groups in total. The summed E-state index contributed by atoms with van der Waals surface area (Å²) in [4.78, 5) is 24.1. The number of hydrogen-bond donors (Lipinski definition) is 1. The van der Waals surface area contributed by atoms with Gasteiger partial charge in [0.15, 0.2) is 0 Å². The summed E-state index contributed by atoms with van der Waals surface area (Å²) in [5.74, 6) is 1.71. The molecule has 0 unspecified atom stereocenters. The van der Waals surface area contributed by atoms with Crippen LogP contribution in [0.3, 0.4) is 0 Å². The van der Waals surface area contributed by atoms with E-state index in [0.29, 0.717) is 19.2 Å². The predicted molar refractivity (Wildman–Crippen MR) is 79.3 cm³/mol. The van der Waals surface area contributed by atoms with Gasteiger partial charge in [-0.05, 0) is 12.8 Å². The van der Waals surface area contributed by atoms with E-state index in [1.54, 1.807) is 11.2 Å². The third-order valence-electron chi connectivity index (χ3n) is 3.95. The Hall–Kier alpha value is -1.89. The molecule has 3 heterocycles. The molecule has 0 saturated carbocycles. The lowest BCUT2D eigenvalue weighted by molar-refractivity contribution is -0.129. The van der Waals surface area contributed by atoms with E-state index in [1.807, 2.05) is 18.0 Å². The van der Waals surface area contributed by atoms with Crippen molar-refractivity contribution >= 4 is 17.5 Å². The first kappa shape index (κ1) is 14.1.